The number of aromatic nitrogens is 1. The molecule has 5 nitrogen and oxygen atoms in total. The molecular formula is C11H16N2O3. The molecule has 2 heterocycles. The highest BCUT2D eigenvalue weighted by Crippen LogP contribution is 2.20. The van der Waals surface area contributed by atoms with E-state index in [0.29, 0.717) is 18.7 Å². The zero-order valence-electron chi connectivity index (χ0n) is 9.21. The summed E-state index contributed by atoms with van der Waals surface area (Å²) in [5.74, 6) is -0.136. The quantitative estimate of drug-likeness (QED) is 0.718. The van der Waals surface area contributed by atoms with Gasteiger partial charge in [-0.05, 0) is 18.6 Å². The van der Waals surface area contributed by atoms with Gasteiger partial charge in [-0.25, -0.2) is 0 Å². The standard InChI is InChI=1S/C11H16N2O3/c1-12-4-2-3-10(12)11(16)13-6-9(15)5-8(13)7-14/h2-4,8-9,14-15H,5-7H2,1H3/t8-,9+/m0/s1. The van der Waals surface area contributed by atoms with Gasteiger partial charge in [-0.1, -0.05) is 0 Å². The number of aliphatic hydroxyl groups is 2. The molecule has 0 saturated carbocycles. The number of amides is 1. The molecule has 1 saturated heterocycles. The van der Waals surface area contributed by atoms with Crippen LogP contribution in [0.15, 0.2) is 18.3 Å². The first-order valence-corrected chi connectivity index (χ1v) is 5.34. The summed E-state index contributed by atoms with van der Waals surface area (Å²) in [5, 5.41) is 18.7. The van der Waals surface area contributed by atoms with Crippen LogP contribution in [-0.4, -0.2) is 50.9 Å². The number of carbonyl (C=O) groups excluding carboxylic acids is 1. The summed E-state index contributed by atoms with van der Waals surface area (Å²) in [7, 11) is 1.80. The van der Waals surface area contributed by atoms with Crippen LogP contribution in [0.2, 0.25) is 0 Å². The van der Waals surface area contributed by atoms with Crippen molar-refractivity contribution in [3.05, 3.63) is 24.0 Å². The molecule has 1 aromatic rings. The Morgan fingerprint density at radius 2 is 2.38 bits per heavy atom. The van der Waals surface area contributed by atoms with Crippen LogP contribution < -0.4 is 0 Å². The van der Waals surface area contributed by atoms with Crippen LogP contribution in [0.5, 0.6) is 0 Å². The highest BCUT2D eigenvalue weighted by atomic mass is 16.3. The molecule has 1 aromatic heterocycles. The van der Waals surface area contributed by atoms with E-state index in [-0.39, 0.29) is 18.6 Å². The van der Waals surface area contributed by atoms with Gasteiger partial charge < -0.3 is 19.7 Å². The predicted molar refractivity (Wildman–Crippen MR) is 57.9 cm³/mol. The summed E-state index contributed by atoms with van der Waals surface area (Å²) in [6, 6.07) is 3.27. The third-order valence-electron chi connectivity index (χ3n) is 3.03. The molecule has 1 aliphatic heterocycles. The number of likely N-dealkylation sites (tertiary alicyclic amines) is 1. The van der Waals surface area contributed by atoms with Crippen LogP contribution in [0, 0.1) is 0 Å². The van der Waals surface area contributed by atoms with Crippen LogP contribution in [0.3, 0.4) is 0 Å². The average Bonchev–Trinajstić information content (AvgIpc) is 2.83. The monoisotopic (exact) mass is 224 g/mol. The summed E-state index contributed by atoms with van der Waals surface area (Å²) in [4.78, 5) is 13.7. The van der Waals surface area contributed by atoms with Crippen molar-refractivity contribution in [2.24, 2.45) is 7.05 Å². The molecule has 0 bridgehead atoms. The van der Waals surface area contributed by atoms with Gasteiger partial charge in [0, 0.05) is 19.8 Å². The lowest BCUT2D eigenvalue weighted by molar-refractivity contribution is 0.0655. The molecule has 0 aliphatic carbocycles. The Bertz CT molecular complexity index is 388. The Hall–Kier alpha value is -1.33. The molecular weight excluding hydrogens is 208 g/mol. The fraction of sp³-hybridized carbons (Fsp3) is 0.545. The summed E-state index contributed by atoms with van der Waals surface area (Å²) in [6.07, 6.45) is 1.72. The van der Waals surface area contributed by atoms with Crippen molar-refractivity contribution >= 4 is 5.91 Å². The van der Waals surface area contributed by atoms with Crippen molar-refractivity contribution in [1.82, 2.24) is 9.47 Å². The molecule has 16 heavy (non-hydrogen) atoms. The summed E-state index contributed by atoms with van der Waals surface area (Å²) < 4.78 is 1.74. The first-order chi connectivity index (χ1) is 7.63. The van der Waals surface area contributed by atoms with Gasteiger partial charge in [-0.15, -0.1) is 0 Å². The zero-order valence-corrected chi connectivity index (χ0v) is 9.21. The van der Waals surface area contributed by atoms with E-state index in [1.54, 1.807) is 34.8 Å². The third-order valence-corrected chi connectivity index (χ3v) is 3.03. The van der Waals surface area contributed by atoms with Crippen LogP contribution in [0.1, 0.15) is 16.9 Å². The Kier molecular flexibility index (Phi) is 2.98. The van der Waals surface area contributed by atoms with E-state index in [1.165, 1.54) is 0 Å². The minimum absolute atomic E-state index is 0.104. The average molecular weight is 224 g/mol. The molecule has 0 spiro atoms. The lowest BCUT2D eigenvalue weighted by Gasteiger charge is -2.22. The van der Waals surface area contributed by atoms with Crippen LogP contribution in [0.25, 0.3) is 0 Å². The molecule has 0 radical (unpaired) electrons. The number of aryl methyl sites for hydroxylation is 1. The second-order valence-corrected chi connectivity index (χ2v) is 4.19. The number of carbonyl (C=O) groups is 1. The topological polar surface area (TPSA) is 65.7 Å². The van der Waals surface area contributed by atoms with Crippen molar-refractivity contribution in [1.29, 1.82) is 0 Å². The van der Waals surface area contributed by atoms with Gasteiger partial charge in [0.05, 0.1) is 18.8 Å². The number of hydrogen-bond donors (Lipinski definition) is 2. The van der Waals surface area contributed by atoms with Crippen molar-refractivity contribution < 1.29 is 15.0 Å². The number of nitrogens with zero attached hydrogens (tertiary/aromatic N) is 2. The van der Waals surface area contributed by atoms with Crippen molar-refractivity contribution in [3.8, 4) is 0 Å². The lowest BCUT2D eigenvalue weighted by atomic mass is 10.2. The van der Waals surface area contributed by atoms with Crippen LogP contribution >= 0.6 is 0 Å². The second kappa shape index (κ2) is 4.27. The molecule has 1 aliphatic rings. The van der Waals surface area contributed by atoms with Crippen molar-refractivity contribution in [2.75, 3.05) is 13.2 Å². The number of rotatable bonds is 2. The molecule has 5 heteroatoms. The zero-order chi connectivity index (χ0) is 11.7. The van der Waals surface area contributed by atoms with Gasteiger partial charge in [-0.3, -0.25) is 4.79 Å². The van der Waals surface area contributed by atoms with Gasteiger partial charge >= 0.3 is 0 Å². The number of aliphatic hydroxyl groups excluding tert-OH is 2. The molecule has 88 valence electrons. The van der Waals surface area contributed by atoms with E-state index >= 15 is 0 Å². The van der Waals surface area contributed by atoms with Crippen LogP contribution in [-0.2, 0) is 7.05 Å². The van der Waals surface area contributed by atoms with Crippen molar-refractivity contribution in [3.63, 3.8) is 0 Å². The maximum atomic E-state index is 12.1. The SMILES string of the molecule is Cn1cccc1C(=O)N1C[C@H](O)C[C@H]1CO. The Morgan fingerprint density at radius 1 is 1.62 bits per heavy atom. The Labute approximate surface area is 93.9 Å². The molecule has 1 amide bonds. The maximum Gasteiger partial charge on any atom is 0.270 e. The minimum Gasteiger partial charge on any atom is -0.394 e. The molecule has 2 rings (SSSR count). The van der Waals surface area contributed by atoms with Gasteiger partial charge in [0.2, 0.25) is 0 Å². The van der Waals surface area contributed by atoms with E-state index in [2.05, 4.69) is 0 Å². The highest BCUT2D eigenvalue weighted by molar-refractivity contribution is 5.93. The Morgan fingerprint density at radius 3 is 2.94 bits per heavy atom. The number of hydrogen-bond acceptors (Lipinski definition) is 3. The smallest absolute Gasteiger partial charge is 0.270 e. The summed E-state index contributed by atoms with van der Waals surface area (Å²) >= 11 is 0. The first-order valence-electron chi connectivity index (χ1n) is 5.34. The van der Waals surface area contributed by atoms with Crippen molar-refractivity contribution in [2.45, 2.75) is 18.6 Å². The van der Waals surface area contributed by atoms with E-state index < -0.39 is 6.10 Å². The summed E-state index contributed by atoms with van der Waals surface area (Å²) in [5.41, 5.74) is 0.576. The van der Waals surface area contributed by atoms with E-state index in [4.69, 9.17) is 5.11 Å². The molecule has 2 N–H and O–H groups in total. The minimum atomic E-state index is -0.527. The number of β-amino-alcohol motifs (C(OH)–C–C–N with tert-alkyl or cyclic N) is 1. The molecule has 0 aromatic carbocycles. The fourth-order valence-corrected chi connectivity index (χ4v) is 2.14. The molecule has 0 unspecified atom stereocenters. The van der Waals surface area contributed by atoms with Gasteiger partial charge in [0.1, 0.15) is 5.69 Å². The first kappa shape index (κ1) is 11.2. The normalized spacial score (nSPS) is 25.1. The second-order valence-electron chi connectivity index (χ2n) is 4.19. The van der Waals surface area contributed by atoms with Gasteiger partial charge in [0.15, 0.2) is 0 Å². The van der Waals surface area contributed by atoms with E-state index in [1.807, 2.05) is 0 Å². The van der Waals surface area contributed by atoms with Gasteiger partial charge in [0.25, 0.3) is 5.91 Å². The van der Waals surface area contributed by atoms with E-state index in [0.717, 1.165) is 0 Å². The summed E-state index contributed by atoms with van der Waals surface area (Å²) in [6.45, 7) is 0.197. The molecule has 2 atom stereocenters. The van der Waals surface area contributed by atoms with Gasteiger partial charge in [-0.2, -0.15) is 0 Å². The largest absolute Gasteiger partial charge is 0.394 e. The highest BCUT2D eigenvalue weighted by Gasteiger charge is 2.34. The third kappa shape index (κ3) is 1.83. The maximum absolute atomic E-state index is 12.1. The lowest BCUT2D eigenvalue weighted by Crippen LogP contribution is -2.38. The Balaban J connectivity index is 2.19. The predicted octanol–water partition coefficient (Wildman–Crippen LogP) is -0.407. The van der Waals surface area contributed by atoms with E-state index in [9.17, 15) is 9.90 Å². The van der Waals surface area contributed by atoms with Crippen LogP contribution in [0.4, 0.5) is 0 Å². The molecule has 1 fully saturated rings. The fourth-order valence-electron chi connectivity index (χ4n) is 2.14.